The van der Waals surface area contributed by atoms with E-state index in [-0.39, 0.29) is 6.09 Å². The Kier molecular flexibility index (Phi) is 4.15. The molecule has 0 spiro atoms. The fraction of sp³-hybridized carbons (Fsp3) is 0.833. The zero-order chi connectivity index (χ0) is 14.1. The summed E-state index contributed by atoms with van der Waals surface area (Å²) in [7, 11) is 0. The van der Waals surface area contributed by atoms with Crippen LogP contribution in [0.15, 0.2) is 0 Å². The van der Waals surface area contributed by atoms with Gasteiger partial charge in [-0.15, -0.1) is 0 Å². The van der Waals surface area contributed by atoms with Gasteiger partial charge in [-0.25, -0.2) is 4.79 Å². The molecule has 5 nitrogen and oxygen atoms in total. The molecule has 1 aliphatic heterocycles. The lowest BCUT2D eigenvalue weighted by atomic mass is 10.00. The highest BCUT2D eigenvalue weighted by Crippen LogP contribution is 2.23. The molecule has 0 atom stereocenters. The SMILES string of the molecule is CC(C)(C)OC(=O)N1CCN(C(=O)Cl)C(C)(C)C1. The molecule has 2 amide bonds. The minimum Gasteiger partial charge on any atom is -0.444 e. The largest absolute Gasteiger partial charge is 0.444 e. The van der Waals surface area contributed by atoms with E-state index < -0.39 is 16.5 Å². The average molecular weight is 277 g/mol. The summed E-state index contributed by atoms with van der Waals surface area (Å²) in [5.74, 6) is 0. The van der Waals surface area contributed by atoms with E-state index in [9.17, 15) is 9.59 Å². The van der Waals surface area contributed by atoms with Crippen LogP contribution in [0.25, 0.3) is 0 Å². The summed E-state index contributed by atoms with van der Waals surface area (Å²) in [6, 6.07) is 0. The second-order valence-corrected chi connectivity index (χ2v) is 6.44. The first kappa shape index (κ1) is 15.1. The molecule has 0 bridgehead atoms. The average Bonchev–Trinajstić information content (AvgIpc) is 2.12. The number of nitrogens with zero attached hydrogens (tertiary/aromatic N) is 2. The molecular formula is C12H21ClN2O3. The van der Waals surface area contributed by atoms with Crippen molar-refractivity contribution in [3.8, 4) is 0 Å². The monoisotopic (exact) mass is 276 g/mol. The Morgan fingerprint density at radius 2 is 1.78 bits per heavy atom. The van der Waals surface area contributed by atoms with E-state index in [4.69, 9.17) is 16.3 Å². The van der Waals surface area contributed by atoms with E-state index in [1.165, 1.54) is 0 Å². The fourth-order valence-electron chi connectivity index (χ4n) is 1.96. The second kappa shape index (κ2) is 4.96. The highest BCUT2D eigenvalue weighted by Gasteiger charge is 2.38. The lowest BCUT2D eigenvalue weighted by Crippen LogP contribution is -2.61. The summed E-state index contributed by atoms with van der Waals surface area (Å²) < 4.78 is 5.32. The van der Waals surface area contributed by atoms with Crippen molar-refractivity contribution in [2.75, 3.05) is 19.6 Å². The van der Waals surface area contributed by atoms with Crippen LogP contribution in [0.5, 0.6) is 0 Å². The molecule has 0 aliphatic carbocycles. The maximum absolute atomic E-state index is 11.9. The van der Waals surface area contributed by atoms with Crippen molar-refractivity contribution in [3.05, 3.63) is 0 Å². The number of amides is 2. The van der Waals surface area contributed by atoms with Crippen LogP contribution in [-0.2, 0) is 4.74 Å². The van der Waals surface area contributed by atoms with Crippen molar-refractivity contribution in [1.29, 1.82) is 0 Å². The third-order valence-corrected chi connectivity index (χ3v) is 2.97. The minimum atomic E-state index is -0.513. The van der Waals surface area contributed by atoms with Gasteiger partial charge in [0.2, 0.25) is 0 Å². The predicted octanol–water partition coefficient (Wildman–Crippen LogP) is 2.68. The molecule has 0 unspecified atom stereocenters. The quantitative estimate of drug-likeness (QED) is 0.505. The van der Waals surface area contributed by atoms with Crippen molar-refractivity contribution in [3.63, 3.8) is 0 Å². The van der Waals surface area contributed by atoms with Crippen molar-refractivity contribution in [2.45, 2.75) is 45.8 Å². The molecule has 1 fully saturated rings. The number of carbonyl (C=O) groups excluding carboxylic acids is 2. The minimum absolute atomic E-state index is 0.350. The van der Waals surface area contributed by atoms with Crippen LogP contribution in [0.3, 0.4) is 0 Å². The molecule has 18 heavy (non-hydrogen) atoms. The van der Waals surface area contributed by atoms with Gasteiger partial charge in [-0.2, -0.15) is 0 Å². The van der Waals surface area contributed by atoms with Crippen molar-refractivity contribution >= 4 is 23.1 Å². The summed E-state index contributed by atoms with van der Waals surface area (Å²) in [5.41, 5.74) is -0.991. The van der Waals surface area contributed by atoms with Gasteiger partial charge >= 0.3 is 11.5 Å². The molecular weight excluding hydrogens is 256 g/mol. The highest BCUT2D eigenvalue weighted by molar-refractivity contribution is 6.62. The Morgan fingerprint density at radius 3 is 2.17 bits per heavy atom. The molecule has 1 aliphatic rings. The van der Waals surface area contributed by atoms with Crippen LogP contribution in [0, 0.1) is 0 Å². The first-order chi connectivity index (χ1) is 8.03. The Hall–Kier alpha value is -0.970. The Morgan fingerprint density at radius 1 is 1.22 bits per heavy atom. The second-order valence-electron chi connectivity index (χ2n) is 6.12. The first-order valence-corrected chi connectivity index (χ1v) is 6.36. The summed E-state index contributed by atoms with van der Waals surface area (Å²) in [6.07, 6.45) is -0.350. The van der Waals surface area contributed by atoms with Crippen LogP contribution in [0.1, 0.15) is 34.6 Å². The Balaban J connectivity index is 2.69. The number of ether oxygens (including phenoxy) is 1. The van der Waals surface area contributed by atoms with E-state index in [2.05, 4.69) is 0 Å². The molecule has 1 heterocycles. The van der Waals surface area contributed by atoms with Gasteiger partial charge in [0, 0.05) is 19.6 Å². The van der Waals surface area contributed by atoms with Gasteiger partial charge in [-0.3, -0.25) is 4.79 Å². The summed E-state index contributed by atoms with van der Waals surface area (Å²) in [5, 5.41) is -0.483. The van der Waals surface area contributed by atoms with Crippen molar-refractivity contribution in [2.24, 2.45) is 0 Å². The number of hydrogen-bond donors (Lipinski definition) is 0. The first-order valence-electron chi connectivity index (χ1n) is 5.98. The fourth-order valence-corrected chi connectivity index (χ4v) is 2.28. The third-order valence-electron chi connectivity index (χ3n) is 2.77. The molecule has 0 aromatic heterocycles. The van der Waals surface area contributed by atoms with Gasteiger partial charge in [0.1, 0.15) is 5.60 Å². The molecule has 6 heteroatoms. The number of piperazine rings is 1. The molecule has 0 aromatic carbocycles. The molecule has 0 N–H and O–H groups in total. The Bertz CT molecular complexity index is 350. The Labute approximate surface area is 113 Å². The third kappa shape index (κ3) is 3.77. The van der Waals surface area contributed by atoms with E-state index in [1.807, 2.05) is 34.6 Å². The van der Waals surface area contributed by atoms with Crippen LogP contribution >= 0.6 is 11.6 Å². The van der Waals surface area contributed by atoms with Gasteiger partial charge in [0.05, 0.1) is 5.54 Å². The number of hydrogen-bond acceptors (Lipinski definition) is 3. The summed E-state index contributed by atoms with van der Waals surface area (Å²) in [6.45, 7) is 10.5. The maximum Gasteiger partial charge on any atom is 0.410 e. The molecule has 0 radical (unpaired) electrons. The molecule has 1 saturated heterocycles. The predicted molar refractivity (Wildman–Crippen MR) is 69.8 cm³/mol. The van der Waals surface area contributed by atoms with E-state index in [1.54, 1.807) is 9.80 Å². The van der Waals surface area contributed by atoms with Crippen LogP contribution < -0.4 is 0 Å². The van der Waals surface area contributed by atoms with Gasteiger partial charge in [-0.1, -0.05) is 0 Å². The van der Waals surface area contributed by atoms with E-state index >= 15 is 0 Å². The van der Waals surface area contributed by atoms with Gasteiger partial charge in [0.25, 0.3) is 0 Å². The molecule has 0 aromatic rings. The number of carbonyl (C=O) groups is 2. The standard InChI is InChI=1S/C12H21ClN2O3/c1-11(2,3)18-10(17)14-6-7-15(9(13)16)12(4,5)8-14/h6-8H2,1-5H3. The zero-order valence-corrected chi connectivity index (χ0v) is 12.4. The van der Waals surface area contributed by atoms with Crippen LogP contribution in [0.2, 0.25) is 0 Å². The van der Waals surface area contributed by atoms with Crippen LogP contribution in [0.4, 0.5) is 9.59 Å². The van der Waals surface area contributed by atoms with Gasteiger partial charge in [0.15, 0.2) is 0 Å². The summed E-state index contributed by atoms with van der Waals surface area (Å²) >= 11 is 5.53. The molecule has 104 valence electrons. The van der Waals surface area contributed by atoms with Gasteiger partial charge < -0.3 is 14.5 Å². The van der Waals surface area contributed by atoms with Crippen molar-refractivity contribution < 1.29 is 14.3 Å². The summed E-state index contributed by atoms with van der Waals surface area (Å²) in [4.78, 5) is 26.4. The lowest BCUT2D eigenvalue weighted by Gasteiger charge is -2.45. The molecule has 0 saturated carbocycles. The van der Waals surface area contributed by atoms with E-state index in [0.29, 0.717) is 19.6 Å². The van der Waals surface area contributed by atoms with Gasteiger partial charge in [-0.05, 0) is 46.2 Å². The van der Waals surface area contributed by atoms with Crippen LogP contribution in [-0.4, -0.2) is 52.0 Å². The normalized spacial score (nSPS) is 19.7. The number of rotatable bonds is 0. The number of halogens is 1. The smallest absolute Gasteiger partial charge is 0.410 e. The highest BCUT2D eigenvalue weighted by atomic mass is 35.5. The molecule has 1 rings (SSSR count). The van der Waals surface area contributed by atoms with E-state index in [0.717, 1.165) is 0 Å². The topological polar surface area (TPSA) is 49.9 Å². The van der Waals surface area contributed by atoms with Crippen molar-refractivity contribution in [1.82, 2.24) is 9.80 Å². The maximum atomic E-state index is 11.9. The zero-order valence-electron chi connectivity index (χ0n) is 11.6. The lowest BCUT2D eigenvalue weighted by molar-refractivity contribution is -0.00184.